The van der Waals surface area contributed by atoms with Crippen molar-refractivity contribution in [1.29, 1.82) is 0 Å². The van der Waals surface area contributed by atoms with E-state index in [0.29, 0.717) is 6.42 Å². The standard InChI is InChI=1S/C13H18BrNO/c1-11-4-6-12(7-5-11)10-13(16)15-9-3-2-8-14/h4-7H,2-3,8-10H2,1H3,(H,15,16). The van der Waals surface area contributed by atoms with Crippen LogP contribution < -0.4 is 5.32 Å². The first kappa shape index (κ1) is 13.2. The van der Waals surface area contributed by atoms with E-state index in [2.05, 4.69) is 21.2 Å². The molecule has 1 aromatic rings. The molecule has 1 N–H and O–H groups in total. The van der Waals surface area contributed by atoms with Gasteiger partial charge in [0, 0.05) is 11.9 Å². The van der Waals surface area contributed by atoms with Crippen molar-refractivity contribution in [3.05, 3.63) is 35.4 Å². The molecule has 88 valence electrons. The highest BCUT2D eigenvalue weighted by atomic mass is 79.9. The second-order valence-corrected chi connectivity index (χ2v) is 4.70. The summed E-state index contributed by atoms with van der Waals surface area (Å²) in [6.45, 7) is 2.82. The van der Waals surface area contributed by atoms with Gasteiger partial charge in [0.15, 0.2) is 0 Å². The number of carbonyl (C=O) groups is 1. The molecule has 0 fully saturated rings. The van der Waals surface area contributed by atoms with Gasteiger partial charge in [-0.2, -0.15) is 0 Å². The maximum atomic E-state index is 11.5. The van der Waals surface area contributed by atoms with Gasteiger partial charge in [-0.1, -0.05) is 45.8 Å². The summed E-state index contributed by atoms with van der Waals surface area (Å²) in [6.07, 6.45) is 2.62. The third-order valence-electron chi connectivity index (χ3n) is 2.37. The van der Waals surface area contributed by atoms with Crippen LogP contribution in [0.4, 0.5) is 0 Å². The SMILES string of the molecule is Cc1ccc(CC(=O)NCCCCBr)cc1. The molecule has 3 heteroatoms. The van der Waals surface area contributed by atoms with Crippen LogP contribution in [0.1, 0.15) is 24.0 Å². The molecule has 0 radical (unpaired) electrons. The molecule has 2 nitrogen and oxygen atoms in total. The predicted octanol–water partition coefficient (Wildman–Crippen LogP) is 2.83. The van der Waals surface area contributed by atoms with Gasteiger partial charge in [-0.3, -0.25) is 4.79 Å². The van der Waals surface area contributed by atoms with Crippen molar-refractivity contribution in [3.8, 4) is 0 Å². The van der Waals surface area contributed by atoms with Gasteiger partial charge >= 0.3 is 0 Å². The lowest BCUT2D eigenvalue weighted by Gasteiger charge is -2.04. The molecule has 0 aliphatic rings. The number of amides is 1. The van der Waals surface area contributed by atoms with Crippen LogP contribution in [0.15, 0.2) is 24.3 Å². The molecule has 0 spiro atoms. The van der Waals surface area contributed by atoms with Crippen molar-refractivity contribution < 1.29 is 4.79 Å². The van der Waals surface area contributed by atoms with Crippen LogP contribution in [-0.4, -0.2) is 17.8 Å². The minimum Gasteiger partial charge on any atom is -0.356 e. The second-order valence-electron chi connectivity index (χ2n) is 3.91. The van der Waals surface area contributed by atoms with Gasteiger partial charge in [-0.25, -0.2) is 0 Å². The average Bonchev–Trinajstić information content (AvgIpc) is 2.28. The highest BCUT2D eigenvalue weighted by Gasteiger charge is 2.01. The van der Waals surface area contributed by atoms with Gasteiger partial charge in [-0.05, 0) is 25.3 Å². The maximum absolute atomic E-state index is 11.5. The van der Waals surface area contributed by atoms with Crippen LogP contribution in [-0.2, 0) is 11.2 Å². The fourth-order valence-electron chi connectivity index (χ4n) is 1.40. The van der Waals surface area contributed by atoms with E-state index in [1.54, 1.807) is 0 Å². The first-order chi connectivity index (χ1) is 7.72. The fourth-order valence-corrected chi connectivity index (χ4v) is 1.80. The Bertz CT molecular complexity index is 321. The molecule has 0 unspecified atom stereocenters. The minimum absolute atomic E-state index is 0.110. The summed E-state index contributed by atoms with van der Waals surface area (Å²) < 4.78 is 0. The molecule has 0 heterocycles. The number of halogens is 1. The molecule has 0 aromatic heterocycles. The Hall–Kier alpha value is -0.830. The van der Waals surface area contributed by atoms with E-state index < -0.39 is 0 Å². The number of carbonyl (C=O) groups excluding carboxylic acids is 1. The largest absolute Gasteiger partial charge is 0.356 e. The van der Waals surface area contributed by atoms with E-state index in [-0.39, 0.29) is 5.91 Å². The van der Waals surface area contributed by atoms with Crippen LogP contribution in [0.2, 0.25) is 0 Å². The van der Waals surface area contributed by atoms with Crippen molar-refractivity contribution in [2.75, 3.05) is 11.9 Å². The zero-order valence-corrected chi connectivity index (χ0v) is 11.2. The molecule has 1 amide bonds. The topological polar surface area (TPSA) is 29.1 Å². The number of nitrogens with one attached hydrogen (secondary N) is 1. The van der Waals surface area contributed by atoms with E-state index in [0.717, 1.165) is 30.3 Å². The third-order valence-corrected chi connectivity index (χ3v) is 2.93. The highest BCUT2D eigenvalue weighted by Crippen LogP contribution is 2.03. The zero-order chi connectivity index (χ0) is 11.8. The lowest BCUT2D eigenvalue weighted by molar-refractivity contribution is -0.120. The van der Waals surface area contributed by atoms with Crippen LogP contribution in [0.3, 0.4) is 0 Å². The number of alkyl halides is 1. The van der Waals surface area contributed by atoms with Gasteiger partial charge in [0.1, 0.15) is 0 Å². The van der Waals surface area contributed by atoms with E-state index in [4.69, 9.17) is 0 Å². The summed E-state index contributed by atoms with van der Waals surface area (Å²) in [4.78, 5) is 11.5. The summed E-state index contributed by atoms with van der Waals surface area (Å²) in [6, 6.07) is 8.09. The minimum atomic E-state index is 0.110. The van der Waals surface area contributed by atoms with E-state index in [9.17, 15) is 4.79 Å². The molecule has 0 atom stereocenters. The van der Waals surface area contributed by atoms with E-state index in [1.165, 1.54) is 5.56 Å². The fraction of sp³-hybridized carbons (Fsp3) is 0.462. The number of hydrogen-bond donors (Lipinski definition) is 1. The van der Waals surface area contributed by atoms with Crippen LogP contribution in [0, 0.1) is 6.92 Å². The number of aryl methyl sites for hydroxylation is 1. The summed E-state index contributed by atoms with van der Waals surface area (Å²) in [5.41, 5.74) is 2.30. The van der Waals surface area contributed by atoms with E-state index >= 15 is 0 Å². The summed E-state index contributed by atoms with van der Waals surface area (Å²) in [5, 5.41) is 3.92. The smallest absolute Gasteiger partial charge is 0.224 e. The molecule has 1 rings (SSSR count). The van der Waals surface area contributed by atoms with Crippen molar-refractivity contribution in [2.24, 2.45) is 0 Å². The van der Waals surface area contributed by atoms with Gasteiger partial charge < -0.3 is 5.32 Å². The summed E-state index contributed by atoms with van der Waals surface area (Å²) in [5.74, 6) is 0.110. The van der Waals surface area contributed by atoms with Crippen LogP contribution in [0.5, 0.6) is 0 Å². The van der Waals surface area contributed by atoms with Gasteiger partial charge in [0.05, 0.1) is 6.42 Å². The average molecular weight is 284 g/mol. The second kappa shape index (κ2) is 7.44. The number of hydrogen-bond acceptors (Lipinski definition) is 1. The van der Waals surface area contributed by atoms with E-state index in [1.807, 2.05) is 31.2 Å². The lowest BCUT2D eigenvalue weighted by Crippen LogP contribution is -2.26. The quantitative estimate of drug-likeness (QED) is 0.631. The van der Waals surface area contributed by atoms with Crippen LogP contribution in [0.25, 0.3) is 0 Å². The summed E-state index contributed by atoms with van der Waals surface area (Å²) >= 11 is 3.36. The van der Waals surface area contributed by atoms with Gasteiger partial charge in [-0.15, -0.1) is 0 Å². The molecular formula is C13H18BrNO. The van der Waals surface area contributed by atoms with Gasteiger partial charge in [0.25, 0.3) is 0 Å². The zero-order valence-electron chi connectivity index (χ0n) is 9.63. The Balaban J connectivity index is 2.26. The molecule has 0 aliphatic carbocycles. The Morgan fingerprint density at radius 3 is 2.56 bits per heavy atom. The normalized spacial score (nSPS) is 10.1. The van der Waals surface area contributed by atoms with Crippen molar-refractivity contribution in [3.63, 3.8) is 0 Å². The molecule has 16 heavy (non-hydrogen) atoms. The molecule has 0 bridgehead atoms. The Morgan fingerprint density at radius 2 is 1.94 bits per heavy atom. The van der Waals surface area contributed by atoms with Crippen LogP contribution >= 0.6 is 15.9 Å². The third kappa shape index (κ3) is 5.31. The number of unbranched alkanes of at least 4 members (excludes halogenated alkanes) is 1. The Kier molecular flexibility index (Phi) is 6.16. The predicted molar refractivity (Wildman–Crippen MR) is 70.9 cm³/mol. The maximum Gasteiger partial charge on any atom is 0.224 e. The monoisotopic (exact) mass is 283 g/mol. The highest BCUT2D eigenvalue weighted by molar-refractivity contribution is 9.09. The Morgan fingerprint density at radius 1 is 1.25 bits per heavy atom. The van der Waals surface area contributed by atoms with Crippen molar-refractivity contribution >= 4 is 21.8 Å². The molecule has 0 saturated carbocycles. The molecule has 0 saturated heterocycles. The number of rotatable bonds is 6. The molecular weight excluding hydrogens is 266 g/mol. The van der Waals surface area contributed by atoms with Crippen molar-refractivity contribution in [2.45, 2.75) is 26.2 Å². The lowest BCUT2D eigenvalue weighted by atomic mass is 10.1. The first-order valence-corrected chi connectivity index (χ1v) is 6.72. The molecule has 0 aliphatic heterocycles. The Labute approximate surface area is 106 Å². The molecule has 1 aromatic carbocycles. The first-order valence-electron chi connectivity index (χ1n) is 5.60. The van der Waals surface area contributed by atoms with Gasteiger partial charge in [0.2, 0.25) is 5.91 Å². The number of benzene rings is 1. The van der Waals surface area contributed by atoms with Crippen molar-refractivity contribution in [1.82, 2.24) is 5.32 Å². The summed E-state index contributed by atoms with van der Waals surface area (Å²) in [7, 11) is 0.